The quantitative estimate of drug-likeness (QED) is 0.555. The Balaban J connectivity index is 1.49. The van der Waals surface area contributed by atoms with Crippen LogP contribution in [0.15, 0.2) is 30.5 Å². The lowest BCUT2D eigenvalue weighted by molar-refractivity contribution is -0.0588. The Hall–Kier alpha value is -3.76. The summed E-state index contributed by atoms with van der Waals surface area (Å²) < 4.78 is 6.51. The maximum absolute atomic E-state index is 12.3. The van der Waals surface area contributed by atoms with Gasteiger partial charge >= 0.3 is 12.1 Å². The lowest BCUT2D eigenvalue weighted by Crippen LogP contribution is -2.33. The molecular formula is C19H21N5O6. The second-order valence-corrected chi connectivity index (χ2v) is 7.48. The van der Waals surface area contributed by atoms with Crippen LogP contribution in [-0.2, 0) is 16.1 Å². The Bertz CT molecular complexity index is 958. The van der Waals surface area contributed by atoms with Gasteiger partial charge in [0.05, 0.1) is 17.3 Å². The molecule has 11 heteroatoms. The number of aryl methyl sites for hydroxylation is 1. The van der Waals surface area contributed by atoms with Crippen molar-refractivity contribution in [3.05, 3.63) is 47.3 Å². The highest BCUT2D eigenvalue weighted by Gasteiger charge is 2.39. The average molecular weight is 415 g/mol. The predicted octanol–water partition coefficient (Wildman–Crippen LogP) is 1.56. The van der Waals surface area contributed by atoms with Crippen LogP contribution in [0.3, 0.4) is 0 Å². The smallest absolute Gasteiger partial charge is 0.407 e. The van der Waals surface area contributed by atoms with Gasteiger partial charge in [0.1, 0.15) is 5.60 Å². The standard InChI is InChI=1S/C19H21N5O6/c1-19(2,3)29-18(28)20-9-6-10-23-11-14(21-22-23)17(27)30-24-15(25)12-7-4-5-8-13(12)16(24)26/h4-5,7-8,11H,6,9-10H2,1-3H3,(H,20,28). The molecule has 3 rings (SSSR count). The summed E-state index contributed by atoms with van der Waals surface area (Å²) in [7, 11) is 0. The first-order valence-corrected chi connectivity index (χ1v) is 9.23. The summed E-state index contributed by atoms with van der Waals surface area (Å²) in [6, 6.07) is 6.17. The van der Waals surface area contributed by atoms with Gasteiger partial charge in [0, 0.05) is 13.1 Å². The Morgan fingerprint density at radius 1 is 1.10 bits per heavy atom. The molecule has 11 nitrogen and oxygen atoms in total. The zero-order valence-corrected chi connectivity index (χ0v) is 16.7. The van der Waals surface area contributed by atoms with E-state index in [4.69, 9.17) is 9.57 Å². The minimum absolute atomic E-state index is 0.161. The van der Waals surface area contributed by atoms with Crippen LogP contribution in [0.5, 0.6) is 0 Å². The van der Waals surface area contributed by atoms with Gasteiger partial charge in [0.2, 0.25) is 0 Å². The van der Waals surface area contributed by atoms with Gasteiger partial charge in [-0.2, -0.15) is 0 Å². The van der Waals surface area contributed by atoms with Gasteiger partial charge < -0.3 is 14.9 Å². The molecular weight excluding hydrogens is 394 g/mol. The summed E-state index contributed by atoms with van der Waals surface area (Å²) in [6.07, 6.45) is 1.31. The van der Waals surface area contributed by atoms with Crippen molar-refractivity contribution < 1.29 is 28.8 Å². The number of hydroxylamine groups is 2. The van der Waals surface area contributed by atoms with Crippen molar-refractivity contribution in [2.24, 2.45) is 0 Å². The molecule has 1 aliphatic rings. The Labute approximate surface area is 171 Å². The third kappa shape index (κ3) is 4.80. The van der Waals surface area contributed by atoms with Crippen molar-refractivity contribution in [1.29, 1.82) is 0 Å². The molecule has 0 bridgehead atoms. The zero-order valence-electron chi connectivity index (χ0n) is 16.7. The van der Waals surface area contributed by atoms with Crippen molar-refractivity contribution >= 4 is 23.9 Å². The summed E-state index contributed by atoms with van der Waals surface area (Å²) in [5.74, 6) is -2.42. The van der Waals surface area contributed by atoms with Crippen LogP contribution in [0, 0.1) is 0 Å². The molecule has 1 aromatic heterocycles. The molecule has 2 aromatic rings. The highest BCUT2D eigenvalue weighted by molar-refractivity contribution is 6.21. The second kappa shape index (κ2) is 8.31. The van der Waals surface area contributed by atoms with Crippen LogP contribution in [0.4, 0.5) is 4.79 Å². The minimum atomic E-state index is -0.984. The molecule has 1 aliphatic heterocycles. The highest BCUT2D eigenvalue weighted by atomic mass is 16.7. The Morgan fingerprint density at radius 3 is 2.33 bits per heavy atom. The van der Waals surface area contributed by atoms with E-state index in [-0.39, 0.29) is 16.8 Å². The number of rotatable bonds is 6. The number of nitrogens with one attached hydrogen (secondary N) is 1. The molecule has 3 amide bonds. The topological polar surface area (TPSA) is 133 Å². The van der Waals surface area contributed by atoms with Gasteiger partial charge in [0.25, 0.3) is 11.8 Å². The third-order valence-electron chi connectivity index (χ3n) is 3.91. The van der Waals surface area contributed by atoms with E-state index in [0.29, 0.717) is 24.6 Å². The number of carbonyl (C=O) groups is 4. The predicted molar refractivity (Wildman–Crippen MR) is 101 cm³/mol. The largest absolute Gasteiger partial charge is 0.444 e. The number of imide groups is 1. The molecule has 0 aliphatic carbocycles. The number of aromatic nitrogens is 3. The second-order valence-electron chi connectivity index (χ2n) is 7.48. The van der Waals surface area contributed by atoms with Crippen LogP contribution in [0.2, 0.25) is 0 Å². The van der Waals surface area contributed by atoms with E-state index in [1.54, 1.807) is 32.9 Å². The molecule has 30 heavy (non-hydrogen) atoms. The first-order valence-electron chi connectivity index (χ1n) is 9.23. The summed E-state index contributed by atoms with van der Waals surface area (Å²) in [6.45, 7) is 6.01. The molecule has 1 N–H and O–H groups in total. The molecule has 0 atom stereocenters. The van der Waals surface area contributed by atoms with E-state index in [0.717, 1.165) is 0 Å². The normalized spacial score (nSPS) is 13.2. The number of benzene rings is 1. The van der Waals surface area contributed by atoms with Crippen LogP contribution in [0.1, 0.15) is 58.4 Å². The van der Waals surface area contributed by atoms with Crippen molar-refractivity contribution in [2.45, 2.75) is 39.3 Å². The first kappa shape index (κ1) is 21.0. The van der Waals surface area contributed by atoms with Crippen molar-refractivity contribution in [3.8, 4) is 0 Å². The number of carbonyl (C=O) groups excluding carboxylic acids is 4. The zero-order chi connectivity index (χ0) is 21.9. The van der Waals surface area contributed by atoms with Crippen LogP contribution < -0.4 is 5.32 Å². The van der Waals surface area contributed by atoms with E-state index in [2.05, 4.69) is 15.6 Å². The fourth-order valence-electron chi connectivity index (χ4n) is 2.63. The molecule has 158 valence electrons. The molecule has 0 saturated heterocycles. The molecule has 0 spiro atoms. The lowest BCUT2D eigenvalue weighted by Gasteiger charge is -2.19. The van der Waals surface area contributed by atoms with Gasteiger partial charge in [-0.15, -0.1) is 5.10 Å². The minimum Gasteiger partial charge on any atom is -0.444 e. The monoisotopic (exact) mass is 415 g/mol. The number of amides is 3. The summed E-state index contributed by atoms with van der Waals surface area (Å²) >= 11 is 0. The van der Waals surface area contributed by atoms with E-state index in [9.17, 15) is 19.2 Å². The van der Waals surface area contributed by atoms with E-state index in [1.807, 2.05) is 0 Å². The molecule has 1 aromatic carbocycles. The summed E-state index contributed by atoms with van der Waals surface area (Å²) in [5, 5.41) is 10.5. The first-order chi connectivity index (χ1) is 14.2. The molecule has 0 fully saturated rings. The SMILES string of the molecule is CC(C)(C)OC(=O)NCCCn1cc(C(=O)ON2C(=O)c3ccccc3C2=O)nn1. The van der Waals surface area contributed by atoms with Crippen molar-refractivity contribution in [2.75, 3.05) is 6.54 Å². The number of alkyl carbamates (subject to hydrolysis) is 1. The summed E-state index contributed by atoms with van der Waals surface area (Å²) in [5.41, 5.74) is -0.412. The van der Waals surface area contributed by atoms with Gasteiger partial charge in [-0.25, -0.2) is 9.59 Å². The molecule has 2 heterocycles. The Kier molecular flexibility index (Phi) is 5.81. The van der Waals surface area contributed by atoms with Gasteiger partial charge in [-0.3, -0.25) is 14.3 Å². The van der Waals surface area contributed by atoms with Crippen LogP contribution >= 0.6 is 0 Å². The van der Waals surface area contributed by atoms with E-state index < -0.39 is 29.5 Å². The van der Waals surface area contributed by atoms with Gasteiger partial charge in [-0.1, -0.05) is 22.4 Å². The van der Waals surface area contributed by atoms with Gasteiger partial charge in [-0.05, 0) is 39.3 Å². The average Bonchev–Trinajstić information content (AvgIpc) is 3.24. The van der Waals surface area contributed by atoms with Gasteiger partial charge in [0.15, 0.2) is 5.69 Å². The fourth-order valence-corrected chi connectivity index (χ4v) is 2.63. The number of ether oxygens (including phenoxy) is 1. The number of hydrogen-bond acceptors (Lipinski definition) is 8. The van der Waals surface area contributed by atoms with Crippen LogP contribution in [0.25, 0.3) is 0 Å². The molecule has 0 radical (unpaired) electrons. The van der Waals surface area contributed by atoms with E-state index >= 15 is 0 Å². The maximum atomic E-state index is 12.3. The fraction of sp³-hybridized carbons (Fsp3) is 0.368. The van der Waals surface area contributed by atoms with Crippen molar-refractivity contribution in [1.82, 2.24) is 25.4 Å². The van der Waals surface area contributed by atoms with Crippen LogP contribution in [-0.4, -0.2) is 56.1 Å². The molecule has 0 unspecified atom stereocenters. The maximum Gasteiger partial charge on any atom is 0.407 e. The number of hydrogen-bond donors (Lipinski definition) is 1. The Morgan fingerprint density at radius 2 is 1.73 bits per heavy atom. The van der Waals surface area contributed by atoms with Crippen molar-refractivity contribution in [3.63, 3.8) is 0 Å². The number of nitrogens with zero attached hydrogens (tertiary/aromatic N) is 4. The highest BCUT2D eigenvalue weighted by Crippen LogP contribution is 2.23. The van der Waals surface area contributed by atoms with E-state index in [1.165, 1.54) is 23.0 Å². The third-order valence-corrected chi connectivity index (χ3v) is 3.91. The molecule has 0 saturated carbocycles. The lowest BCUT2D eigenvalue weighted by atomic mass is 10.1. The summed E-state index contributed by atoms with van der Waals surface area (Å²) in [4.78, 5) is 53.2. The number of fused-ring (bicyclic) bond motifs is 1.